The Morgan fingerprint density at radius 2 is 1.71 bits per heavy atom. The lowest BCUT2D eigenvalue weighted by molar-refractivity contribution is -0.117. The van der Waals surface area contributed by atoms with E-state index in [0.717, 1.165) is 18.7 Å². The lowest BCUT2D eigenvalue weighted by Gasteiger charge is -2.15. The van der Waals surface area contributed by atoms with Gasteiger partial charge in [-0.05, 0) is 61.0 Å². The van der Waals surface area contributed by atoms with E-state index in [1.165, 1.54) is 0 Å². The van der Waals surface area contributed by atoms with Crippen LogP contribution in [0.1, 0.15) is 23.2 Å². The predicted octanol–water partition coefficient (Wildman–Crippen LogP) is 3.65. The van der Waals surface area contributed by atoms with Crippen LogP contribution in [0.2, 0.25) is 0 Å². The molecule has 0 atom stereocenters. The lowest BCUT2D eigenvalue weighted by atomic mass is 10.1. The molecule has 2 heterocycles. The fourth-order valence-electron chi connectivity index (χ4n) is 2.97. The summed E-state index contributed by atoms with van der Waals surface area (Å²) in [5.74, 6) is 0.476. The van der Waals surface area contributed by atoms with E-state index in [9.17, 15) is 9.59 Å². The predicted molar refractivity (Wildman–Crippen MR) is 105 cm³/mol. The van der Waals surface area contributed by atoms with Crippen LogP contribution in [0.25, 0.3) is 0 Å². The summed E-state index contributed by atoms with van der Waals surface area (Å²) in [6.07, 6.45) is 4.65. The Balaban J connectivity index is 1.38. The van der Waals surface area contributed by atoms with Crippen molar-refractivity contribution in [2.45, 2.75) is 12.8 Å². The molecule has 2 aromatic carbocycles. The molecule has 140 valence electrons. The number of ether oxygens (including phenoxy) is 1. The zero-order valence-electron chi connectivity index (χ0n) is 15.0. The monoisotopic (exact) mass is 374 g/mol. The second-order valence-electron chi connectivity index (χ2n) is 6.31. The molecule has 0 spiro atoms. The molecule has 1 N–H and O–H groups in total. The van der Waals surface area contributed by atoms with Gasteiger partial charge < -0.3 is 15.0 Å². The molecule has 7 heteroatoms. The molecule has 2 amide bonds. The number of carbonyl (C=O) groups excluding carboxylic acids is 2. The minimum atomic E-state index is -0.223. The van der Waals surface area contributed by atoms with E-state index in [2.05, 4.69) is 15.3 Å². The van der Waals surface area contributed by atoms with E-state index < -0.39 is 0 Å². The van der Waals surface area contributed by atoms with Gasteiger partial charge in [-0.25, -0.2) is 9.97 Å². The smallest absolute Gasteiger partial charge is 0.321 e. The Hall–Kier alpha value is -3.74. The van der Waals surface area contributed by atoms with E-state index in [-0.39, 0.29) is 17.8 Å². The highest BCUT2D eigenvalue weighted by molar-refractivity contribution is 6.04. The number of amides is 2. The fourth-order valence-corrected chi connectivity index (χ4v) is 2.97. The van der Waals surface area contributed by atoms with Gasteiger partial charge in [0.25, 0.3) is 5.91 Å². The zero-order chi connectivity index (χ0) is 19.3. The van der Waals surface area contributed by atoms with Gasteiger partial charge in [0, 0.05) is 42.3 Å². The van der Waals surface area contributed by atoms with E-state index in [0.29, 0.717) is 23.4 Å². The summed E-state index contributed by atoms with van der Waals surface area (Å²) in [6.45, 7) is 0.729. The molecule has 1 fully saturated rings. The van der Waals surface area contributed by atoms with Gasteiger partial charge in [-0.15, -0.1) is 0 Å². The topological polar surface area (TPSA) is 84.4 Å². The van der Waals surface area contributed by atoms with Crippen molar-refractivity contribution in [3.05, 3.63) is 72.6 Å². The van der Waals surface area contributed by atoms with Crippen LogP contribution in [-0.2, 0) is 4.79 Å². The summed E-state index contributed by atoms with van der Waals surface area (Å²) in [5, 5.41) is 2.84. The van der Waals surface area contributed by atoms with Gasteiger partial charge in [0.1, 0.15) is 5.75 Å². The molecule has 0 bridgehead atoms. The fraction of sp³-hybridized carbons (Fsp3) is 0.143. The van der Waals surface area contributed by atoms with E-state index in [1.807, 2.05) is 0 Å². The van der Waals surface area contributed by atoms with Crippen LogP contribution >= 0.6 is 0 Å². The quantitative estimate of drug-likeness (QED) is 0.737. The van der Waals surface area contributed by atoms with Crippen LogP contribution in [0.4, 0.5) is 11.4 Å². The van der Waals surface area contributed by atoms with Gasteiger partial charge in [0.2, 0.25) is 5.91 Å². The number of nitrogens with one attached hydrogen (secondary N) is 1. The Bertz CT molecular complexity index is 973. The highest BCUT2D eigenvalue weighted by Gasteiger charge is 2.21. The highest BCUT2D eigenvalue weighted by Crippen LogP contribution is 2.23. The first-order chi connectivity index (χ1) is 13.7. The summed E-state index contributed by atoms with van der Waals surface area (Å²) in [7, 11) is 0. The molecule has 7 nitrogen and oxygen atoms in total. The summed E-state index contributed by atoms with van der Waals surface area (Å²) >= 11 is 0. The Morgan fingerprint density at radius 1 is 1.00 bits per heavy atom. The first-order valence-corrected chi connectivity index (χ1v) is 8.96. The molecule has 4 rings (SSSR count). The standard InChI is InChI=1S/C21H18N4O3/c26-19-3-1-14-25(19)17-8-4-15(5-9-17)20(27)24-16-6-10-18(11-7-16)28-21-22-12-2-13-23-21/h2,4-13H,1,3,14H2,(H,24,27). The third-order valence-corrected chi connectivity index (χ3v) is 4.38. The second kappa shape index (κ2) is 7.87. The lowest BCUT2D eigenvalue weighted by Crippen LogP contribution is -2.23. The summed E-state index contributed by atoms with van der Waals surface area (Å²) in [5.41, 5.74) is 1.99. The van der Waals surface area contributed by atoms with Crippen LogP contribution in [0.15, 0.2) is 67.0 Å². The second-order valence-corrected chi connectivity index (χ2v) is 6.31. The molecule has 1 aliphatic rings. The molecule has 0 aliphatic carbocycles. The van der Waals surface area contributed by atoms with Gasteiger partial charge in [0.05, 0.1) is 0 Å². The SMILES string of the molecule is O=C(Nc1ccc(Oc2ncccn2)cc1)c1ccc(N2CCCC2=O)cc1. The molecular weight excluding hydrogens is 356 g/mol. The molecule has 0 unspecified atom stereocenters. The molecule has 0 saturated carbocycles. The minimum Gasteiger partial charge on any atom is -0.424 e. The van der Waals surface area contributed by atoms with Crippen molar-refractivity contribution in [1.82, 2.24) is 9.97 Å². The highest BCUT2D eigenvalue weighted by atomic mass is 16.5. The van der Waals surface area contributed by atoms with Crippen LogP contribution in [0, 0.1) is 0 Å². The first kappa shape index (κ1) is 17.7. The molecule has 3 aromatic rings. The molecule has 28 heavy (non-hydrogen) atoms. The van der Waals surface area contributed by atoms with Crippen molar-refractivity contribution < 1.29 is 14.3 Å². The largest absolute Gasteiger partial charge is 0.424 e. The first-order valence-electron chi connectivity index (χ1n) is 8.96. The number of nitrogens with zero attached hydrogens (tertiary/aromatic N) is 3. The summed E-state index contributed by atoms with van der Waals surface area (Å²) in [4.78, 5) is 34.0. The Kier molecular flexibility index (Phi) is 4.97. The number of anilines is 2. The van der Waals surface area contributed by atoms with E-state index >= 15 is 0 Å². The Morgan fingerprint density at radius 3 is 2.36 bits per heavy atom. The van der Waals surface area contributed by atoms with Crippen molar-refractivity contribution in [2.75, 3.05) is 16.8 Å². The van der Waals surface area contributed by atoms with Gasteiger partial charge in [-0.3, -0.25) is 9.59 Å². The van der Waals surface area contributed by atoms with Gasteiger partial charge in [0.15, 0.2) is 0 Å². The average molecular weight is 374 g/mol. The van der Waals surface area contributed by atoms with Gasteiger partial charge in [-0.1, -0.05) is 0 Å². The number of hydrogen-bond acceptors (Lipinski definition) is 5. The van der Waals surface area contributed by atoms with Gasteiger partial charge in [-0.2, -0.15) is 0 Å². The number of aromatic nitrogens is 2. The van der Waals surface area contributed by atoms with Crippen molar-refractivity contribution in [2.24, 2.45) is 0 Å². The zero-order valence-corrected chi connectivity index (χ0v) is 15.0. The van der Waals surface area contributed by atoms with Crippen LogP contribution in [0.3, 0.4) is 0 Å². The van der Waals surface area contributed by atoms with E-state index in [1.54, 1.807) is 71.9 Å². The number of hydrogen-bond donors (Lipinski definition) is 1. The van der Waals surface area contributed by atoms with Crippen molar-refractivity contribution in [3.63, 3.8) is 0 Å². The maximum atomic E-state index is 12.4. The molecule has 1 aliphatic heterocycles. The maximum absolute atomic E-state index is 12.4. The van der Waals surface area contributed by atoms with Crippen molar-refractivity contribution >= 4 is 23.2 Å². The van der Waals surface area contributed by atoms with E-state index in [4.69, 9.17) is 4.74 Å². The third kappa shape index (κ3) is 3.98. The summed E-state index contributed by atoms with van der Waals surface area (Å²) < 4.78 is 5.53. The third-order valence-electron chi connectivity index (χ3n) is 4.38. The summed E-state index contributed by atoms with van der Waals surface area (Å²) in [6, 6.07) is 16.0. The van der Waals surface area contributed by atoms with Crippen LogP contribution in [0.5, 0.6) is 11.8 Å². The van der Waals surface area contributed by atoms with Crippen molar-refractivity contribution in [3.8, 4) is 11.8 Å². The molecule has 1 saturated heterocycles. The number of benzene rings is 2. The average Bonchev–Trinajstić information content (AvgIpc) is 3.16. The van der Waals surface area contributed by atoms with Crippen LogP contribution in [-0.4, -0.2) is 28.3 Å². The normalized spacial score (nSPS) is 13.4. The van der Waals surface area contributed by atoms with Crippen molar-refractivity contribution in [1.29, 1.82) is 0 Å². The van der Waals surface area contributed by atoms with Gasteiger partial charge >= 0.3 is 6.01 Å². The minimum absolute atomic E-state index is 0.125. The Labute approximate surface area is 162 Å². The molecule has 1 aromatic heterocycles. The maximum Gasteiger partial charge on any atom is 0.321 e. The number of rotatable bonds is 5. The number of carbonyl (C=O) groups is 2. The molecular formula is C21H18N4O3. The molecule has 0 radical (unpaired) electrons. The van der Waals surface area contributed by atoms with Crippen LogP contribution < -0.4 is 15.0 Å².